The van der Waals surface area contributed by atoms with E-state index >= 15 is 0 Å². The van der Waals surface area contributed by atoms with Gasteiger partial charge in [-0.2, -0.15) is 5.10 Å². The van der Waals surface area contributed by atoms with Gasteiger partial charge in [0, 0.05) is 36.5 Å². The van der Waals surface area contributed by atoms with Crippen LogP contribution in [0.5, 0.6) is 0 Å². The number of nitrogens with one attached hydrogen (secondary N) is 1. The minimum Gasteiger partial charge on any atom is -0.308 e. The van der Waals surface area contributed by atoms with Crippen molar-refractivity contribution in [2.24, 2.45) is 7.05 Å². The molecule has 0 aliphatic rings. The van der Waals surface area contributed by atoms with Crippen molar-refractivity contribution >= 4 is 0 Å². The van der Waals surface area contributed by atoms with Crippen LogP contribution in [0.15, 0.2) is 24.4 Å². The molecule has 0 saturated carbocycles. The number of rotatable bonds is 3. The van der Waals surface area contributed by atoms with Crippen molar-refractivity contribution in [1.82, 2.24) is 15.1 Å². The van der Waals surface area contributed by atoms with Crippen LogP contribution < -0.4 is 5.32 Å². The molecule has 0 atom stereocenters. The Hall–Kier alpha value is -1.61. The highest BCUT2D eigenvalue weighted by Gasteiger charge is 2.15. The first-order valence-electron chi connectivity index (χ1n) is 7.12. The van der Waals surface area contributed by atoms with E-state index < -0.39 is 0 Å². The van der Waals surface area contributed by atoms with Crippen molar-refractivity contribution in [3.63, 3.8) is 0 Å². The second kappa shape index (κ2) is 5.41. The predicted octanol–water partition coefficient (Wildman–Crippen LogP) is 3.59. The van der Waals surface area contributed by atoms with Crippen molar-refractivity contribution in [3.05, 3.63) is 41.1 Å². The summed E-state index contributed by atoms with van der Waals surface area (Å²) in [6, 6.07) is 6.41. The van der Waals surface area contributed by atoms with E-state index in [9.17, 15) is 0 Å². The van der Waals surface area contributed by atoms with Gasteiger partial charge in [0.25, 0.3) is 0 Å². The lowest BCUT2D eigenvalue weighted by Gasteiger charge is -2.20. The molecule has 0 aliphatic heterocycles. The van der Waals surface area contributed by atoms with Gasteiger partial charge in [0.1, 0.15) is 0 Å². The Labute approximate surface area is 122 Å². The van der Waals surface area contributed by atoms with E-state index in [-0.39, 0.29) is 5.54 Å². The fraction of sp³-hybridized carbons (Fsp3) is 0.471. The molecular formula is C17H25N3. The normalized spacial score (nSPS) is 11.9. The average Bonchev–Trinajstić information content (AvgIpc) is 2.70. The number of benzene rings is 1. The van der Waals surface area contributed by atoms with Crippen LogP contribution in [0.1, 0.15) is 37.5 Å². The van der Waals surface area contributed by atoms with Gasteiger partial charge in [0.15, 0.2) is 0 Å². The SMILES string of the molecule is Cc1cccc(-c2nn(C)cc2CNC(C)(C)C)c1C. The van der Waals surface area contributed by atoms with Crippen LogP contribution in [0.25, 0.3) is 11.3 Å². The van der Waals surface area contributed by atoms with Gasteiger partial charge in [-0.25, -0.2) is 0 Å². The summed E-state index contributed by atoms with van der Waals surface area (Å²) in [6.45, 7) is 11.7. The van der Waals surface area contributed by atoms with Gasteiger partial charge in [0.2, 0.25) is 0 Å². The quantitative estimate of drug-likeness (QED) is 0.924. The largest absolute Gasteiger partial charge is 0.308 e. The fourth-order valence-electron chi connectivity index (χ4n) is 2.26. The van der Waals surface area contributed by atoms with Gasteiger partial charge >= 0.3 is 0 Å². The van der Waals surface area contributed by atoms with Crippen molar-refractivity contribution < 1.29 is 0 Å². The third kappa shape index (κ3) is 3.28. The van der Waals surface area contributed by atoms with Crippen LogP contribution in [-0.2, 0) is 13.6 Å². The Bertz CT molecular complexity index is 603. The predicted molar refractivity (Wildman–Crippen MR) is 84.7 cm³/mol. The third-order valence-corrected chi connectivity index (χ3v) is 3.57. The molecule has 3 nitrogen and oxygen atoms in total. The molecule has 0 aliphatic carbocycles. The Morgan fingerprint density at radius 2 is 1.90 bits per heavy atom. The maximum atomic E-state index is 4.66. The first kappa shape index (κ1) is 14.8. The molecule has 20 heavy (non-hydrogen) atoms. The van der Waals surface area contributed by atoms with E-state index in [1.54, 1.807) is 0 Å². The van der Waals surface area contributed by atoms with Gasteiger partial charge in [-0.3, -0.25) is 4.68 Å². The molecule has 0 fully saturated rings. The van der Waals surface area contributed by atoms with E-state index in [2.05, 4.69) is 69.4 Å². The number of hydrogen-bond acceptors (Lipinski definition) is 2. The molecule has 0 saturated heterocycles. The van der Waals surface area contributed by atoms with Gasteiger partial charge in [-0.05, 0) is 45.7 Å². The molecule has 0 amide bonds. The zero-order valence-electron chi connectivity index (χ0n) is 13.4. The lowest BCUT2D eigenvalue weighted by Crippen LogP contribution is -2.35. The smallest absolute Gasteiger partial charge is 0.0970 e. The summed E-state index contributed by atoms with van der Waals surface area (Å²) in [7, 11) is 1.98. The van der Waals surface area contributed by atoms with Crippen LogP contribution in [0.3, 0.4) is 0 Å². The highest BCUT2D eigenvalue weighted by Crippen LogP contribution is 2.27. The average molecular weight is 271 g/mol. The highest BCUT2D eigenvalue weighted by molar-refractivity contribution is 5.67. The molecule has 2 aromatic rings. The van der Waals surface area contributed by atoms with Crippen molar-refractivity contribution in [2.45, 2.75) is 46.7 Å². The Morgan fingerprint density at radius 1 is 1.20 bits per heavy atom. The van der Waals surface area contributed by atoms with Crippen molar-refractivity contribution in [3.8, 4) is 11.3 Å². The third-order valence-electron chi connectivity index (χ3n) is 3.57. The maximum Gasteiger partial charge on any atom is 0.0970 e. The Morgan fingerprint density at radius 3 is 2.55 bits per heavy atom. The molecule has 0 radical (unpaired) electrons. The van der Waals surface area contributed by atoms with Crippen LogP contribution in [0, 0.1) is 13.8 Å². The topological polar surface area (TPSA) is 29.9 Å². The second-order valence-corrected chi connectivity index (χ2v) is 6.53. The molecule has 2 rings (SSSR count). The lowest BCUT2D eigenvalue weighted by atomic mass is 9.98. The standard InChI is InChI=1S/C17H25N3/c1-12-8-7-9-15(13(12)2)16-14(11-20(6)19-16)10-18-17(3,4)5/h7-9,11,18H,10H2,1-6H3. The van der Waals surface area contributed by atoms with E-state index in [4.69, 9.17) is 0 Å². The molecule has 108 valence electrons. The Kier molecular flexibility index (Phi) is 4.00. The van der Waals surface area contributed by atoms with E-state index in [1.807, 2.05) is 11.7 Å². The summed E-state index contributed by atoms with van der Waals surface area (Å²) in [4.78, 5) is 0. The molecule has 0 unspecified atom stereocenters. The van der Waals surface area contributed by atoms with E-state index in [1.165, 1.54) is 22.3 Å². The second-order valence-electron chi connectivity index (χ2n) is 6.53. The molecule has 1 aromatic heterocycles. The highest BCUT2D eigenvalue weighted by atomic mass is 15.3. The fourth-order valence-corrected chi connectivity index (χ4v) is 2.26. The number of aryl methyl sites for hydroxylation is 2. The minimum absolute atomic E-state index is 0.106. The van der Waals surface area contributed by atoms with Gasteiger partial charge in [0.05, 0.1) is 5.69 Å². The molecule has 3 heteroatoms. The number of aromatic nitrogens is 2. The van der Waals surface area contributed by atoms with E-state index in [0.29, 0.717) is 0 Å². The number of hydrogen-bond donors (Lipinski definition) is 1. The molecule has 0 spiro atoms. The summed E-state index contributed by atoms with van der Waals surface area (Å²) >= 11 is 0. The molecule has 1 aromatic carbocycles. The zero-order chi connectivity index (χ0) is 14.9. The summed E-state index contributed by atoms with van der Waals surface area (Å²) in [6.07, 6.45) is 2.11. The lowest BCUT2D eigenvalue weighted by molar-refractivity contribution is 0.424. The molecular weight excluding hydrogens is 246 g/mol. The summed E-state index contributed by atoms with van der Waals surface area (Å²) in [5, 5.41) is 8.20. The van der Waals surface area contributed by atoms with Crippen molar-refractivity contribution in [1.29, 1.82) is 0 Å². The maximum absolute atomic E-state index is 4.66. The first-order chi connectivity index (χ1) is 9.28. The van der Waals surface area contributed by atoms with Crippen LogP contribution >= 0.6 is 0 Å². The van der Waals surface area contributed by atoms with Gasteiger partial charge < -0.3 is 5.32 Å². The Balaban J connectivity index is 2.39. The zero-order valence-corrected chi connectivity index (χ0v) is 13.4. The van der Waals surface area contributed by atoms with Crippen LogP contribution in [0.2, 0.25) is 0 Å². The van der Waals surface area contributed by atoms with E-state index in [0.717, 1.165) is 12.2 Å². The van der Waals surface area contributed by atoms with Gasteiger partial charge in [-0.1, -0.05) is 18.2 Å². The monoisotopic (exact) mass is 271 g/mol. The first-order valence-corrected chi connectivity index (χ1v) is 7.12. The summed E-state index contributed by atoms with van der Waals surface area (Å²) in [5.41, 5.74) is 6.29. The summed E-state index contributed by atoms with van der Waals surface area (Å²) < 4.78 is 1.90. The summed E-state index contributed by atoms with van der Waals surface area (Å²) in [5.74, 6) is 0. The number of nitrogens with zero attached hydrogens (tertiary/aromatic N) is 2. The van der Waals surface area contributed by atoms with Crippen molar-refractivity contribution in [2.75, 3.05) is 0 Å². The minimum atomic E-state index is 0.106. The molecule has 1 N–H and O–H groups in total. The van der Waals surface area contributed by atoms with Crippen LogP contribution in [0.4, 0.5) is 0 Å². The molecule has 1 heterocycles. The van der Waals surface area contributed by atoms with Gasteiger partial charge in [-0.15, -0.1) is 0 Å². The molecule has 0 bridgehead atoms. The van der Waals surface area contributed by atoms with Crippen LogP contribution in [-0.4, -0.2) is 15.3 Å².